The van der Waals surface area contributed by atoms with E-state index in [-0.39, 0.29) is 62.5 Å². The first kappa shape index (κ1) is 62.1. The molecule has 2 saturated heterocycles. The van der Waals surface area contributed by atoms with E-state index >= 15 is 0 Å². The second-order valence-corrected chi connectivity index (χ2v) is 19.3. The number of methoxy groups -OCH3 is 1. The summed E-state index contributed by atoms with van der Waals surface area (Å²) in [6.07, 6.45) is -0.176. The van der Waals surface area contributed by atoms with Crippen molar-refractivity contribution in [3.63, 3.8) is 0 Å². The Balaban J connectivity index is 0.00000439. The molecule has 25 nitrogen and oxygen atoms in total. The van der Waals surface area contributed by atoms with E-state index in [9.17, 15) is 52.7 Å². The van der Waals surface area contributed by atoms with Crippen molar-refractivity contribution in [1.82, 2.24) is 42.1 Å². The van der Waals surface area contributed by atoms with E-state index in [0.29, 0.717) is 24.2 Å². The zero-order valence-electron chi connectivity index (χ0n) is 42.2. The largest absolute Gasteiger partial charge is 0.497 e. The van der Waals surface area contributed by atoms with Gasteiger partial charge in [-0.3, -0.25) is 57.5 Å². The van der Waals surface area contributed by atoms with Crippen LogP contribution in [0.15, 0.2) is 24.3 Å². The number of carbonyl (C=O) groups is 12. The number of amides is 11. The van der Waals surface area contributed by atoms with Gasteiger partial charge in [-0.25, -0.2) is 0 Å². The molecule has 2 heterocycles. The molecular formula is C47H73N11O14S. The van der Waals surface area contributed by atoms with Crippen molar-refractivity contribution in [3.8, 4) is 5.75 Å². The number of primary amides is 3. The number of nitrogens with zero attached hydrogens (tertiary/aromatic N) is 1. The van der Waals surface area contributed by atoms with E-state index in [2.05, 4.69) is 37.2 Å². The fraction of sp³-hybridized carbons (Fsp3) is 0.617. The maximum atomic E-state index is 14.5. The summed E-state index contributed by atoms with van der Waals surface area (Å²) in [6, 6.07) is -2.40. The number of carbonyl (C=O) groups excluding carboxylic acids is 11. The minimum atomic E-state index is -1.71. The van der Waals surface area contributed by atoms with Crippen molar-refractivity contribution < 1.29 is 67.4 Å². The van der Waals surface area contributed by atoms with Gasteiger partial charge in [0.1, 0.15) is 48.0 Å². The maximum absolute atomic E-state index is 14.5. The third-order valence-electron chi connectivity index (χ3n) is 11.6. The predicted molar refractivity (Wildman–Crippen MR) is 266 cm³/mol. The van der Waals surface area contributed by atoms with Gasteiger partial charge in [-0.05, 0) is 67.4 Å². The number of nitrogens with two attached hydrogens (primary N) is 3. The average molecular weight is 1050 g/mol. The van der Waals surface area contributed by atoms with Crippen molar-refractivity contribution >= 4 is 82.7 Å². The average Bonchev–Trinajstić information content (AvgIpc) is 3.82. The summed E-state index contributed by atoms with van der Waals surface area (Å²) in [7, 11) is 1.50. The Labute approximate surface area is 428 Å². The van der Waals surface area contributed by atoms with Crippen molar-refractivity contribution in [3.05, 3.63) is 29.8 Å². The van der Waals surface area contributed by atoms with Crippen LogP contribution in [-0.4, -0.2) is 155 Å². The molecule has 2 aliphatic rings. The Morgan fingerprint density at radius 2 is 1.44 bits per heavy atom. The minimum absolute atomic E-state index is 0.0237. The highest BCUT2D eigenvalue weighted by Crippen LogP contribution is 2.22. The lowest BCUT2D eigenvalue weighted by Crippen LogP contribution is -2.61. The van der Waals surface area contributed by atoms with Crippen LogP contribution in [0.4, 0.5) is 0 Å². The number of aliphatic carboxylic acids is 1. The Hall–Kier alpha value is -6.99. The molecule has 0 bridgehead atoms. The van der Waals surface area contributed by atoms with E-state index in [1.807, 2.05) is 13.8 Å². The van der Waals surface area contributed by atoms with Crippen LogP contribution in [0, 0.1) is 11.8 Å². The van der Waals surface area contributed by atoms with Crippen molar-refractivity contribution in [1.29, 1.82) is 0 Å². The number of thioether (sulfide) groups is 1. The van der Waals surface area contributed by atoms with Crippen LogP contribution in [0.3, 0.4) is 0 Å². The highest BCUT2D eigenvalue weighted by molar-refractivity contribution is 7.99. The quantitative estimate of drug-likeness (QED) is 0.0730. The summed E-state index contributed by atoms with van der Waals surface area (Å²) in [6.45, 7) is 7.83. The highest BCUT2D eigenvalue weighted by Gasteiger charge is 2.40. The minimum Gasteiger partial charge on any atom is -0.497 e. The summed E-state index contributed by atoms with van der Waals surface area (Å²) < 4.78 is 5.25. The van der Waals surface area contributed by atoms with Crippen LogP contribution in [-0.2, 0) is 64.0 Å². The molecule has 0 saturated carbocycles. The molecule has 1 aromatic rings. The zero-order valence-corrected chi connectivity index (χ0v) is 43.1. The van der Waals surface area contributed by atoms with E-state index in [1.165, 1.54) is 23.8 Å². The van der Waals surface area contributed by atoms with E-state index in [0.717, 1.165) is 6.92 Å². The normalized spacial score (nSPS) is 22.2. The van der Waals surface area contributed by atoms with E-state index < -0.39 is 139 Å². The van der Waals surface area contributed by atoms with Gasteiger partial charge in [-0.2, -0.15) is 11.8 Å². The molecular weight excluding hydrogens is 975 g/mol. The first-order valence-corrected chi connectivity index (χ1v) is 25.2. The molecule has 2 fully saturated rings. The number of carboxylic acids is 1. The zero-order chi connectivity index (χ0) is 54.9. The number of likely N-dealkylation sites (tertiary alicyclic amines) is 1. The van der Waals surface area contributed by atoms with Crippen molar-refractivity contribution in [2.45, 2.75) is 141 Å². The number of ether oxygens (including phenoxy) is 1. The van der Waals surface area contributed by atoms with Crippen molar-refractivity contribution in [2.75, 3.05) is 31.7 Å². The maximum Gasteiger partial charge on any atom is 0.300 e. The number of hydrogen-bond acceptors (Lipinski definition) is 14. The lowest BCUT2D eigenvalue weighted by atomic mass is 9.96. The fourth-order valence-corrected chi connectivity index (χ4v) is 8.66. The molecule has 0 unspecified atom stereocenters. The molecule has 26 heteroatoms. The van der Waals surface area contributed by atoms with Gasteiger partial charge in [0, 0.05) is 38.5 Å². The lowest BCUT2D eigenvalue weighted by molar-refractivity contribution is -0.142. The number of benzene rings is 1. The molecule has 0 spiro atoms. The Bertz CT molecular complexity index is 2120. The molecule has 73 heavy (non-hydrogen) atoms. The van der Waals surface area contributed by atoms with Gasteiger partial charge in [-0.1, -0.05) is 46.2 Å². The summed E-state index contributed by atoms with van der Waals surface area (Å²) in [5.41, 5.74) is 16.8. The van der Waals surface area contributed by atoms with Gasteiger partial charge >= 0.3 is 0 Å². The SMILES string of the molecule is CC(=O)O.CC[C@H](C)[C@@H]1NC(=O)[C@H](Cc2ccc(OC)cc2)NC(=O)CCCSC[C@@H](C(=O)N2CCC[C@H]2C(=O)N[C@@H](CC(C)C)C(=O)NCC(N)=O)NC(=O)[C@H](CC(N)=O)NC(=O)[C@H](CCC(N)=O)NC1=O. The van der Waals surface area contributed by atoms with Crippen LogP contribution in [0.2, 0.25) is 0 Å². The second-order valence-electron chi connectivity index (χ2n) is 18.2. The number of carboxylic acid groups (broad SMARTS) is 1. The Morgan fingerprint density at radius 1 is 0.822 bits per heavy atom. The topological polar surface area (TPSA) is 400 Å². The van der Waals surface area contributed by atoms with Gasteiger partial charge in [-0.15, -0.1) is 0 Å². The summed E-state index contributed by atoms with van der Waals surface area (Å²) in [5.74, 6) is -9.43. The van der Waals surface area contributed by atoms with E-state index in [4.69, 9.17) is 31.8 Å². The second kappa shape index (κ2) is 31.5. The van der Waals surface area contributed by atoms with Crippen LogP contribution < -0.4 is 59.2 Å². The molecule has 0 aromatic heterocycles. The third kappa shape index (κ3) is 22.5. The highest BCUT2D eigenvalue weighted by atomic mass is 32.2. The standard InChI is InChI=1S/C45H69N11O12S.C2H4O2/c1-6-25(4)38-44(66)51-28(15-16-34(46)57)40(62)52-31(21-35(47)58)41(63)54-32(23-69-18-8-10-37(60)50-30(42(64)55-38)20-26-11-13-27(68-5)14-12-26)45(67)56-17-7-9-33(56)43(65)53-29(19-24(2)3)39(61)49-22-36(48)59;1-2(3)4/h11-14,24-25,28-33,38H,6-10,15-23H2,1-5H3,(H2,46,57)(H2,47,58)(H2,48,59)(H,49,61)(H,50,60)(H,51,66)(H,52,62)(H,53,65)(H,54,63)(H,55,64);1H3,(H,3,4)/t25-,28-,29-,30-,31-,32-,33-,38-;/m0./s1. The summed E-state index contributed by atoms with van der Waals surface area (Å²) in [4.78, 5) is 157. The van der Waals surface area contributed by atoms with Gasteiger partial charge in [0.15, 0.2) is 0 Å². The van der Waals surface area contributed by atoms with Gasteiger partial charge in [0.25, 0.3) is 5.97 Å². The number of hydrogen-bond donors (Lipinski definition) is 11. The molecule has 8 atom stereocenters. The molecule has 1 aromatic carbocycles. The Morgan fingerprint density at radius 3 is 2.01 bits per heavy atom. The van der Waals surface area contributed by atoms with Crippen LogP contribution in [0.1, 0.15) is 98.0 Å². The predicted octanol–water partition coefficient (Wildman–Crippen LogP) is -2.41. The van der Waals surface area contributed by atoms with Crippen LogP contribution in [0.25, 0.3) is 0 Å². The van der Waals surface area contributed by atoms with Gasteiger partial charge in [0.05, 0.1) is 20.1 Å². The third-order valence-corrected chi connectivity index (χ3v) is 12.7. The molecule has 3 rings (SSSR count). The first-order chi connectivity index (χ1) is 34.4. The number of nitrogens with one attached hydrogen (secondary N) is 7. The summed E-state index contributed by atoms with van der Waals surface area (Å²) in [5, 5.41) is 25.6. The molecule has 0 aliphatic carbocycles. The smallest absolute Gasteiger partial charge is 0.300 e. The molecule has 11 amide bonds. The lowest BCUT2D eigenvalue weighted by Gasteiger charge is -2.31. The van der Waals surface area contributed by atoms with Gasteiger partial charge < -0.3 is 69.2 Å². The van der Waals surface area contributed by atoms with E-state index in [1.54, 1.807) is 38.1 Å². The monoisotopic (exact) mass is 1050 g/mol. The van der Waals surface area contributed by atoms with Crippen molar-refractivity contribution in [2.24, 2.45) is 29.0 Å². The number of rotatable bonds is 18. The summed E-state index contributed by atoms with van der Waals surface area (Å²) >= 11 is 1.18. The molecule has 0 radical (unpaired) electrons. The molecule has 14 N–H and O–H groups in total. The molecule has 2 aliphatic heterocycles. The first-order valence-electron chi connectivity index (χ1n) is 24.0. The van der Waals surface area contributed by atoms with Crippen LogP contribution >= 0.6 is 11.8 Å². The fourth-order valence-electron chi connectivity index (χ4n) is 7.68. The van der Waals surface area contributed by atoms with Crippen LogP contribution in [0.5, 0.6) is 5.75 Å². The molecule has 406 valence electrons. The Kier molecular flexibility index (Phi) is 26.8. The van der Waals surface area contributed by atoms with Gasteiger partial charge in [0.2, 0.25) is 65.0 Å².